The number of Topliss-reactive ketones (excluding diaryl/α,β-unsaturated/α-hetero) is 2. The van der Waals surface area contributed by atoms with Crippen molar-refractivity contribution in [1.29, 1.82) is 0 Å². The average molecular weight is 575 g/mol. The summed E-state index contributed by atoms with van der Waals surface area (Å²) in [6.07, 6.45) is 28.7. The summed E-state index contributed by atoms with van der Waals surface area (Å²) in [5.41, 5.74) is 4.50. The molecule has 0 aliphatic carbocycles. The van der Waals surface area contributed by atoms with Crippen molar-refractivity contribution in [3.63, 3.8) is 0 Å². The fraction of sp³-hybridized carbons (Fsp3) is 0.650. The Bertz CT molecular complexity index is 861. The van der Waals surface area contributed by atoms with E-state index in [0.29, 0.717) is 24.4 Å². The number of unbranched alkanes of at least 4 members (excludes halogenated alkanes) is 17. The van der Waals surface area contributed by atoms with Crippen LogP contribution in [0.3, 0.4) is 0 Å². The highest BCUT2D eigenvalue weighted by molar-refractivity contribution is 5.96. The highest BCUT2D eigenvalue weighted by Crippen LogP contribution is 2.17. The molecule has 2 heteroatoms. The first-order valence-electron chi connectivity index (χ1n) is 17.9. The number of carbonyl (C=O) groups excluding carboxylic acids is 2. The predicted molar refractivity (Wildman–Crippen MR) is 182 cm³/mol. The second kappa shape index (κ2) is 24.2. The molecule has 0 aromatic heterocycles. The zero-order valence-corrected chi connectivity index (χ0v) is 27.4. The third-order valence-corrected chi connectivity index (χ3v) is 8.75. The van der Waals surface area contributed by atoms with Crippen LogP contribution in [0.2, 0.25) is 0 Å². The van der Waals surface area contributed by atoms with Crippen LogP contribution in [0.5, 0.6) is 0 Å². The lowest BCUT2D eigenvalue weighted by atomic mass is 9.99. The Morgan fingerprint density at radius 2 is 0.667 bits per heavy atom. The summed E-state index contributed by atoms with van der Waals surface area (Å²) in [5, 5.41) is 0. The van der Waals surface area contributed by atoms with E-state index in [0.717, 1.165) is 36.8 Å². The van der Waals surface area contributed by atoms with Gasteiger partial charge in [-0.15, -0.1) is 0 Å². The first kappa shape index (κ1) is 36.0. The van der Waals surface area contributed by atoms with Gasteiger partial charge in [-0.1, -0.05) is 165 Å². The van der Waals surface area contributed by atoms with Crippen molar-refractivity contribution in [2.24, 2.45) is 0 Å². The molecule has 0 saturated heterocycles. The average Bonchev–Trinajstić information content (AvgIpc) is 3.02. The maximum absolute atomic E-state index is 12.4. The maximum Gasteiger partial charge on any atom is 0.162 e. The predicted octanol–water partition coefficient (Wildman–Crippen LogP) is 12.5. The zero-order chi connectivity index (χ0) is 30.1. The minimum absolute atomic E-state index is 0.306. The number of carbonyl (C=O) groups is 2. The summed E-state index contributed by atoms with van der Waals surface area (Å²) < 4.78 is 0. The van der Waals surface area contributed by atoms with Gasteiger partial charge in [0.15, 0.2) is 11.6 Å². The molecule has 2 rings (SSSR count). The van der Waals surface area contributed by atoms with Crippen LogP contribution in [0.4, 0.5) is 0 Å². The Morgan fingerprint density at radius 1 is 0.381 bits per heavy atom. The van der Waals surface area contributed by atoms with Crippen molar-refractivity contribution >= 4 is 11.6 Å². The van der Waals surface area contributed by atoms with Crippen molar-refractivity contribution in [2.75, 3.05) is 0 Å². The minimum atomic E-state index is 0.306. The summed E-state index contributed by atoms with van der Waals surface area (Å²) >= 11 is 0. The molecular formula is C40H62O2. The van der Waals surface area contributed by atoms with Crippen molar-refractivity contribution in [3.05, 3.63) is 70.8 Å². The summed E-state index contributed by atoms with van der Waals surface area (Å²) in [6, 6.07) is 16.8. The number of aryl methyl sites for hydroxylation is 2. The van der Waals surface area contributed by atoms with E-state index in [-0.39, 0.29) is 0 Å². The van der Waals surface area contributed by atoms with E-state index in [4.69, 9.17) is 0 Å². The molecule has 0 amide bonds. The molecule has 2 nitrogen and oxygen atoms in total. The van der Waals surface area contributed by atoms with E-state index in [2.05, 4.69) is 38.1 Å². The van der Waals surface area contributed by atoms with Crippen molar-refractivity contribution in [1.82, 2.24) is 0 Å². The van der Waals surface area contributed by atoms with Crippen LogP contribution in [0.1, 0.15) is 187 Å². The SMILES string of the molecule is CCCCCCCCC(=O)c1ccc(CCCCCCCCCCc2ccc(C(=O)CCCCCCCC)cc2)cc1. The zero-order valence-electron chi connectivity index (χ0n) is 27.4. The standard InChI is InChI=1S/C40H62O2/c1-3-5-7-9-17-21-25-39(41)37-31-27-35(28-32-37)23-19-15-13-11-12-14-16-20-24-36-29-33-38(34-30-36)40(42)26-22-18-10-8-6-4-2/h27-34H,3-26H2,1-2H3. The van der Waals surface area contributed by atoms with Gasteiger partial charge in [0.2, 0.25) is 0 Å². The highest BCUT2D eigenvalue weighted by atomic mass is 16.1. The van der Waals surface area contributed by atoms with Gasteiger partial charge in [-0.25, -0.2) is 0 Å². The molecule has 42 heavy (non-hydrogen) atoms. The van der Waals surface area contributed by atoms with Gasteiger partial charge in [-0.3, -0.25) is 9.59 Å². The smallest absolute Gasteiger partial charge is 0.162 e. The first-order valence-corrected chi connectivity index (χ1v) is 17.9. The van der Waals surface area contributed by atoms with E-state index in [9.17, 15) is 9.59 Å². The monoisotopic (exact) mass is 574 g/mol. The normalized spacial score (nSPS) is 11.2. The van der Waals surface area contributed by atoms with E-state index >= 15 is 0 Å². The van der Waals surface area contributed by atoms with Crippen LogP contribution < -0.4 is 0 Å². The van der Waals surface area contributed by atoms with E-state index < -0.39 is 0 Å². The van der Waals surface area contributed by atoms with Gasteiger partial charge in [0.1, 0.15) is 0 Å². The van der Waals surface area contributed by atoms with Crippen LogP contribution in [0.25, 0.3) is 0 Å². The van der Waals surface area contributed by atoms with Crippen molar-refractivity contribution in [2.45, 2.75) is 168 Å². The number of ketones is 2. The summed E-state index contributed by atoms with van der Waals surface area (Å²) in [4.78, 5) is 24.9. The molecule has 0 N–H and O–H groups in total. The Labute approximate surface area is 259 Å². The number of benzene rings is 2. The number of rotatable bonds is 27. The molecule has 0 atom stereocenters. The van der Waals surface area contributed by atoms with Crippen LogP contribution >= 0.6 is 0 Å². The molecule has 0 radical (unpaired) electrons. The van der Waals surface area contributed by atoms with Crippen LogP contribution in [0.15, 0.2) is 48.5 Å². The molecule has 0 bridgehead atoms. The molecule has 0 unspecified atom stereocenters. The minimum Gasteiger partial charge on any atom is -0.294 e. The molecule has 0 heterocycles. The van der Waals surface area contributed by atoms with Crippen LogP contribution in [-0.4, -0.2) is 11.6 Å². The quantitative estimate of drug-likeness (QED) is 0.0785. The maximum atomic E-state index is 12.4. The molecule has 0 spiro atoms. The highest BCUT2D eigenvalue weighted by Gasteiger charge is 2.07. The summed E-state index contributed by atoms with van der Waals surface area (Å²) in [7, 11) is 0. The third-order valence-electron chi connectivity index (χ3n) is 8.75. The van der Waals surface area contributed by atoms with Crippen molar-refractivity contribution < 1.29 is 9.59 Å². The van der Waals surface area contributed by atoms with Gasteiger partial charge in [-0.05, 0) is 49.7 Å². The largest absolute Gasteiger partial charge is 0.294 e. The first-order chi connectivity index (χ1) is 20.6. The van der Waals surface area contributed by atoms with Crippen LogP contribution in [0, 0.1) is 0 Å². The molecule has 0 fully saturated rings. The molecular weight excluding hydrogens is 512 g/mol. The Kier molecular flexibility index (Phi) is 20.8. The molecule has 0 aliphatic rings. The summed E-state index contributed by atoms with van der Waals surface area (Å²) in [5.74, 6) is 0.612. The van der Waals surface area contributed by atoms with Gasteiger partial charge in [0.25, 0.3) is 0 Å². The lowest BCUT2D eigenvalue weighted by Crippen LogP contribution is -1.99. The summed E-state index contributed by atoms with van der Waals surface area (Å²) in [6.45, 7) is 4.48. The van der Waals surface area contributed by atoms with E-state index in [1.807, 2.05) is 24.3 Å². The van der Waals surface area contributed by atoms with Crippen LogP contribution in [-0.2, 0) is 12.8 Å². The fourth-order valence-electron chi connectivity index (χ4n) is 5.85. The molecule has 2 aromatic rings. The lowest BCUT2D eigenvalue weighted by molar-refractivity contribution is 0.0971. The van der Waals surface area contributed by atoms with Gasteiger partial charge in [0, 0.05) is 24.0 Å². The van der Waals surface area contributed by atoms with Crippen molar-refractivity contribution in [3.8, 4) is 0 Å². The molecule has 0 saturated carbocycles. The molecule has 0 aliphatic heterocycles. The third kappa shape index (κ3) is 17.0. The van der Waals surface area contributed by atoms with E-state index in [1.54, 1.807) is 0 Å². The van der Waals surface area contributed by atoms with E-state index in [1.165, 1.54) is 127 Å². The Balaban J connectivity index is 1.44. The Hall–Kier alpha value is -2.22. The second-order valence-electron chi connectivity index (χ2n) is 12.6. The van der Waals surface area contributed by atoms with Gasteiger partial charge in [-0.2, -0.15) is 0 Å². The fourth-order valence-corrected chi connectivity index (χ4v) is 5.85. The number of hydrogen-bond acceptors (Lipinski definition) is 2. The second-order valence-corrected chi connectivity index (χ2v) is 12.6. The molecule has 2 aromatic carbocycles. The van der Waals surface area contributed by atoms with Gasteiger partial charge < -0.3 is 0 Å². The van der Waals surface area contributed by atoms with Gasteiger partial charge >= 0.3 is 0 Å². The number of hydrogen-bond donors (Lipinski definition) is 0. The topological polar surface area (TPSA) is 34.1 Å². The van der Waals surface area contributed by atoms with Gasteiger partial charge in [0.05, 0.1) is 0 Å². The lowest BCUT2D eigenvalue weighted by Gasteiger charge is -2.06. The Morgan fingerprint density at radius 3 is 1.00 bits per heavy atom. The molecule has 234 valence electrons.